The lowest BCUT2D eigenvalue weighted by Crippen LogP contribution is -2.45. The van der Waals surface area contributed by atoms with Gasteiger partial charge in [-0.1, -0.05) is 42.5 Å². The van der Waals surface area contributed by atoms with Crippen LogP contribution in [0.4, 0.5) is 5.95 Å². The van der Waals surface area contributed by atoms with Gasteiger partial charge in [0.1, 0.15) is 4.70 Å². The maximum Gasteiger partial charge on any atom is 0.277 e. The number of carbonyl (C=O) groups excluding carboxylic acids is 1. The Morgan fingerprint density at radius 2 is 2.00 bits per heavy atom. The molecule has 2 aromatic carbocycles. The van der Waals surface area contributed by atoms with Crippen LogP contribution in [0.25, 0.3) is 15.9 Å². The fraction of sp³-hybridized carbons (Fsp3) is 0.269. The monoisotopic (exact) mass is 458 g/mol. The van der Waals surface area contributed by atoms with Crippen LogP contribution in [-0.4, -0.2) is 28.5 Å². The van der Waals surface area contributed by atoms with Crippen LogP contribution in [0.2, 0.25) is 0 Å². The molecule has 0 spiro atoms. The minimum atomic E-state index is -0.150. The van der Waals surface area contributed by atoms with Gasteiger partial charge in [-0.2, -0.15) is 0 Å². The molecule has 0 aliphatic carbocycles. The molecule has 1 unspecified atom stereocenters. The highest BCUT2D eigenvalue weighted by Crippen LogP contribution is 2.27. The first kappa shape index (κ1) is 21.4. The Balaban J connectivity index is 1.45. The summed E-state index contributed by atoms with van der Waals surface area (Å²) in [5, 5.41) is 4.98. The zero-order valence-corrected chi connectivity index (χ0v) is 19.3. The first-order valence-corrected chi connectivity index (χ1v) is 12.1. The van der Waals surface area contributed by atoms with Gasteiger partial charge in [0.2, 0.25) is 11.9 Å². The molecule has 0 radical (unpaired) electrons. The molecule has 1 saturated heterocycles. The molecule has 2 aromatic heterocycles. The molecule has 4 aromatic rings. The van der Waals surface area contributed by atoms with E-state index in [1.54, 1.807) is 4.57 Å². The van der Waals surface area contributed by atoms with Crippen LogP contribution >= 0.6 is 11.3 Å². The Kier molecular flexibility index (Phi) is 5.96. The van der Waals surface area contributed by atoms with Gasteiger partial charge in [0.25, 0.3) is 5.56 Å². The van der Waals surface area contributed by atoms with Crippen LogP contribution in [0, 0.1) is 12.8 Å². The Labute approximate surface area is 196 Å². The summed E-state index contributed by atoms with van der Waals surface area (Å²) < 4.78 is 2.35. The minimum Gasteiger partial charge on any atom is -0.352 e. The summed E-state index contributed by atoms with van der Waals surface area (Å²) >= 11 is 1.41. The van der Waals surface area contributed by atoms with Crippen molar-refractivity contribution in [2.45, 2.75) is 26.3 Å². The van der Waals surface area contributed by atoms with Gasteiger partial charge in [-0.25, -0.2) is 9.55 Å². The molecule has 0 bridgehead atoms. The van der Waals surface area contributed by atoms with E-state index < -0.39 is 0 Å². The van der Waals surface area contributed by atoms with E-state index in [0.29, 0.717) is 29.3 Å². The second-order valence-corrected chi connectivity index (χ2v) is 9.43. The molecule has 3 heterocycles. The SMILES string of the molecule is Cc1cccc(-n2c(N3CCCC(C(=O)NCc4ccccc4)C3)nc3ccsc3c2=O)c1. The highest BCUT2D eigenvalue weighted by atomic mass is 32.1. The van der Waals surface area contributed by atoms with Gasteiger partial charge in [0, 0.05) is 19.6 Å². The average Bonchev–Trinajstić information content (AvgIpc) is 3.32. The molecular weight excluding hydrogens is 432 g/mol. The van der Waals surface area contributed by atoms with Crippen molar-refractivity contribution in [3.63, 3.8) is 0 Å². The number of nitrogens with zero attached hydrogens (tertiary/aromatic N) is 3. The normalized spacial score (nSPS) is 16.2. The van der Waals surface area contributed by atoms with E-state index >= 15 is 0 Å². The van der Waals surface area contributed by atoms with Gasteiger partial charge in [-0.3, -0.25) is 9.59 Å². The van der Waals surface area contributed by atoms with Crippen molar-refractivity contribution in [2.75, 3.05) is 18.0 Å². The fourth-order valence-corrected chi connectivity index (χ4v) is 5.17. The average molecular weight is 459 g/mol. The van der Waals surface area contributed by atoms with Crippen LogP contribution in [0.1, 0.15) is 24.0 Å². The summed E-state index contributed by atoms with van der Waals surface area (Å²) in [6.45, 7) is 3.83. The predicted molar refractivity (Wildman–Crippen MR) is 133 cm³/mol. The highest BCUT2D eigenvalue weighted by molar-refractivity contribution is 7.17. The number of amides is 1. The van der Waals surface area contributed by atoms with Crippen molar-refractivity contribution >= 4 is 33.4 Å². The van der Waals surface area contributed by atoms with Crippen LogP contribution < -0.4 is 15.8 Å². The summed E-state index contributed by atoms with van der Waals surface area (Å²) in [5.41, 5.74) is 3.60. The molecule has 6 nitrogen and oxygen atoms in total. The number of aromatic nitrogens is 2. The summed E-state index contributed by atoms with van der Waals surface area (Å²) in [7, 11) is 0. The van der Waals surface area contributed by atoms with Crippen molar-refractivity contribution in [3.8, 4) is 5.69 Å². The van der Waals surface area contributed by atoms with Crippen molar-refractivity contribution in [1.29, 1.82) is 0 Å². The van der Waals surface area contributed by atoms with Gasteiger partial charge in [-0.15, -0.1) is 11.3 Å². The molecule has 1 aliphatic heterocycles. The number of hydrogen-bond donors (Lipinski definition) is 1. The van der Waals surface area contributed by atoms with Crippen molar-refractivity contribution < 1.29 is 4.79 Å². The van der Waals surface area contributed by atoms with Gasteiger partial charge in [0.05, 0.1) is 17.1 Å². The first-order valence-electron chi connectivity index (χ1n) is 11.2. The molecular formula is C26H26N4O2S. The standard InChI is InChI=1S/C26H26N4O2S/c1-18-7-5-11-21(15-18)30-25(32)23-22(12-14-33-23)28-26(30)29-13-6-10-20(17-29)24(31)27-16-19-8-3-2-4-9-19/h2-5,7-9,11-12,14-15,20H,6,10,13,16-17H2,1H3,(H,27,31). The Hall–Kier alpha value is -3.45. The zero-order valence-electron chi connectivity index (χ0n) is 18.5. The second-order valence-electron chi connectivity index (χ2n) is 8.51. The first-order chi connectivity index (χ1) is 16.1. The number of benzene rings is 2. The highest BCUT2D eigenvalue weighted by Gasteiger charge is 2.29. The van der Waals surface area contributed by atoms with Gasteiger partial charge < -0.3 is 10.2 Å². The van der Waals surface area contributed by atoms with Crippen molar-refractivity contribution in [3.05, 3.63) is 87.5 Å². The summed E-state index contributed by atoms with van der Waals surface area (Å²) in [6.07, 6.45) is 1.70. The molecule has 1 N–H and O–H groups in total. The van der Waals surface area contributed by atoms with E-state index in [0.717, 1.165) is 36.2 Å². The number of anilines is 1. The van der Waals surface area contributed by atoms with Crippen molar-refractivity contribution in [2.24, 2.45) is 5.92 Å². The third-order valence-corrected chi connectivity index (χ3v) is 7.00. The number of nitrogens with one attached hydrogen (secondary N) is 1. The Morgan fingerprint density at radius 3 is 2.82 bits per heavy atom. The van der Waals surface area contributed by atoms with E-state index in [1.807, 2.05) is 73.0 Å². The molecule has 1 atom stereocenters. The number of thiophene rings is 1. The van der Waals surface area contributed by atoms with E-state index in [-0.39, 0.29) is 17.4 Å². The topological polar surface area (TPSA) is 67.2 Å². The number of piperidine rings is 1. The quantitative estimate of drug-likeness (QED) is 0.485. The predicted octanol–water partition coefficient (Wildman–Crippen LogP) is 4.29. The molecule has 168 valence electrons. The third kappa shape index (κ3) is 4.41. The molecule has 1 fully saturated rings. The molecule has 1 aliphatic rings. The molecule has 0 saturated carbocycles. The van der Waals surface area contributed by atoms with Gasteiger partial charge >= 0.3 is 0 Å². The maximum absolute atomic E-state index is 13.5. The van der Waals surface area contributed by atoms with E-state index in [4.69, 9.17) is 4.98 Å². The number of rotatable bonds is 5. The molecule has 1 amide bonds. The van der Waals surface area contributed by atoms with Gasteiger partial charge in [0.15, 0.2) is 0 Å². The second kappa shape index (κ2) is 9.19. The zero-order chi connectivity index (χ0) is 22.8. The molecule has 33 heavy (non-hydrogen) atoms. The lowest BCUT2D eigenvalue weighted by atomic mass is 9.97. The Morgan fingerprint density at radius 1 is 1.15 bits per heavy atom. The summed E-state index contributed by atoms with van der Waals surface area (Å²) in [5.74, 6) is 0.505. The summed E-state index contributed by atoms with van der Waals surface area (Å²) in [6, 6.07) is 19.7. The minimum absolute atomic E-state index is 0.0459. The smallest absolute Gasteiger partial charge is 0.277 e. The number of hydrogen-bond acceptors (Lipinski definition) is 5. The maximum atomic E-state index is 13.5. The van der Waals surface area contributed by atoms with E-state index in [2.05, 4.69) is 10.2 Å². The number of aryl methyl sites for hydroxylation is 1. The van der Waals surface area contributed by atoms with Gasteiger partial charge in [-0.05, 0) is 54.5 Å². The third-order valence-electron chi connectivity index (χ3n) is 6.11. The number of fused-ring (bicyclic) bond motifs is 1. The van der Waals surface area contributed by atoms with Crippen LogP contribution in [-0.2, 0) is 11.3 Å². The van der Waals surface area contributed by atoms with Crippen LogP contribution in [0.5, 0.6) is 0 Å². The fourth-order valence-electron chi connectivity index (χ4n) is 4.41. The molecule has 7 heteroatoms. The van der Waals surface area contributed by atoms with E-state index in [9.17, 15) is 9.59 Å². The Bertz CT molecular complexity index is 1350. The summed E-state index contributed by atoms with van der Waals surface area (Å²) in [4.78, 5) is 33.4. The lowest BCUT2D eigenvalue weighted by Gasteiger charge is -2.34. The van der Waals surface area contributed by atoms with Crippen molar-refractivity contribution in [1.82, 2.24) is 14.9 Å². The van der Waals surface area contributed by atoms with Crippen LogP contribution in [0.3, 0.4) is 0 Å². The largest absolute Gasteiger partial charge is 0.352 e. The number of carbonyl (C=O) groups is 1. The molecule has 5 rings (SSSR count). The van der Waals surface area contributed by atoms with Crippen LogP contribution in [0.15, 0.2) is 70.8 Å². The van der Waals surface area contributed by atoms with E-state index in [1.165, 1.54) is 11.3 Å². The lowest BCUT2D eigenvalue weighted by molar-refractivity contribution is -0.125.